The summed E-state index contributed by atoms with van der Waals surface area (Å²) in [5, 5.41) is 3.26. The Balaban J connectivity index is 1.88. The number of amides is 1. The Morgan fingerprint density at radius 1 is 1.15 bits per heavy atom. The molecular weight excluding hydrogens is 382 g/mol. The lowest BCUT2D eigenvalue weighted by Gasteiger charge is -2.18. The molecule has 1 N–H and O–H groups in total. The summed E-state index contributed by atoms with van der Waals surface area (Å²) in [6.07, 6.45) is 0. The van der Waals surface area contributed by atoms with Crippen LogP contribution in [0.3, 0.4) is 0 Å². The Morgan fingerprint density at radius 3 is 2.52 bits per heavy atom. The lowest BCUT2D eigenvalue weighted by atomic mass is 10.2. The molecule has 27 heavy (non-hydrogen) atoms. The highest BCUT2D eigenvalue weighted by molar-refractivity contribution is 7.89. The zero-order chi connectivity index (χ0) is 19.6. The molecule has 0 radical (unpaired) electrons. The minimum Gasteiger partial charge on any atom is -0.298 e. The standard InChI is InChI=1S/C19H21N3O3S2/c1-4-22(5-2)27(24,25)15-10-7-9-14(12-15)18(23)21-19-20-17-13(3)8-6-11-16(17)26-19/h6-12H,4-5H2,1-3H3,(H,20,21,23). The predicted octanol–water partition coefficient (Wildman–Crippen LogP) is 3.89. The Kier molecular flexibility index (Phi) is 5.59. The third-order valence-electron chi connectivity index (χ3n) is 4.28. The smallest absolute Gasteiger partial charge is 0.257 e. The van der Waals surface area contributed by atoms with Crippen molar-refractivity contribution in [3.63, 3.8) is 0 Å². The van der Waals surface area contributed by atoms with Crippen LogP contribution < -0.4 is 5.32 Å². The third kappa shape index (κ3) is 3.87. The Morgan fingerprint density at radius 2 is 1.85 bits per heavy atom. The fraction of sp³-hybridized carbons (Fsp3) is 0.263. The number of anilines is 1. The van der Waals surface area contributed by atoms with Crippen molar-refractivity contribution >= 4 is 42.6 Å². The number of aromatic nitrogens is 1. The van der Waals surface area contributed by atoms with E-state index in [0.29, 0.717) is 18.2 Å². The number of sulfonamides is 1. The molecule has 1 aromatic heterocycles. The molecule has 1 heterocycles. The number of para-hydroxylation sites is 1. The van der Waals surface area contributed by atoms with Crippen LogP contribution in [0.1, 0.15) is 29.8 Å². The quantitative estimate of drug-likeness (QED) is 0.677. The van der Waals surface area contributed by atoms with Crippen molar-refractivity contribution in [2.24, 2.45) is 0 Å². The van der Waals surface area contributed by atoms with Crippen LogP contribution in [-0.4, -0.2) is 36.7 Å². The number of carbonyl (C=O) groups excluding carboxylic acids is 1. The van der Waals surface area contributed by atoms with Crippen LogP contribution in [0.25, 0.3) is 10.2 Å². The number of aryl methyl sites for hydroxylation is 1. The van der Waals surface area contributed by atoms with Crippen LogP contribution in [0.5, 0.6) is 0 Å². The molecule has 0 aliphatic heterocycles. The summed E-state index contributed by atoms with van der Waals surface area (Å²) in [6, 6.07) is 11.9. The van der Waals surface area contributed by atoms with E-state index in [1.807, 2.05) is 25.1 Å². The lowest BCUT2D eigenvalue weighted by molar-refractivity contribution is 0.102. The molecule has 1 amide bonds. The molecule has 8 heteroatoms. The highest BCUT2D eigenvalue weighted by Crippen LogP contribution is 2.28. The van der Waals surface area contributed by atoms with Crippen molar-refractivity contribution in [1.29, 1.82) is 0 Å². The molecule has 142 valence electrons. The van der Waals surface area contributed by atoms with E-state index in [-0.39, 0.29) is 16.4 Å². The van der Waals surface area contributed by atoms with E-state index in [1.165, 1.54) is 27.8 Å². The summed E-state index contributed by atoms with van der Waals surface area (Å²) in [5.41, 5.74) is 2.17. The van der Waals surface area contributed by atoms with Gasteiger partial charge in [-0.25, -0.2) is 13.4 Å². The Hall–Kier alpha value is -2.29. The van der Waals surface area contributed by atoms with Crippen molar-refractivity contribution in [3.8, 4) is 0 Å². The monoisotopic (exact) mass is 403 g/mol. The number of hydrogen-bond acceptors (Lipinski definition) is 5. The number of benzene rings is 2. The summed E-state index contributed by atoms with van der Waals surface area (Å²) in [5.74, 6) is -0.386. The Labute approximate surface area is 162 Å². The van der Waals surface area contributed by atoms with Gasteiger partial charge in [-0.05, 0) is 36.8 Å². The van der Waals surface area contributed by atoms with Gasteiger partial charge in [0.2, 0.25) is 10.0 Å². The first-order chi connectivity index (χ1) is 12.9. The van der Waals surface area contributed by atoms with E-state index >= 15 is 0 Å². The molecule has 0 atom stereocenters. The summed E-state index contributed by atoms with van der Waals surface area (Å²) in [6.45, 7) is 6.29. The molecule has 0 aliphatic rings. The molecule has 0 spiro atoms. The second-order valence-corrected chi connectivity index (χ2v) is 8.98. The van der Waals surface area contributed by atoms with Gasteiger partial charge in [0.1, 0.15) is 0 Å². The lowest BCUT2D eigenvalue weighted by Crippen LogP contribution is -2.30. The summed E-state index contributed by atoms with van der Waals surface area (Å²) in [4.78, 5) is 17.2. The first-order valence-corrected chi connectivity index (χ1v) is 10.9. The number of hydrogen-bond donors (Lipinski definition) is 1. The van der Waals surface area contributed by atoms with Crippen molar-refractivity contribution in [2.75, 3.05) is 18.4 Å². The van der Waals surface area contributed by atoms with Crippen LogP contribution in [0, 0.1) is 6.92 Å². The van der Waals surface area contributed by atoms with Crippen molar-refractivity contribution in [3.05, 3.63) is 53.6 Å². The van der Waals surface area contributed by atoms with Gasteiger partial charge in [0.15, 0.2) is 5.13 Å². The number of nitrogens with one attached hydrogen (secondary N) is 1. The van der Waals surface area contributed by atoms with E-state index in [9.17, 15) is 13.2 Å². The number of thiazole rings is 1. The van der Waals surface area contributed by atoms with Crippen molar-refractivity contribution < 1.29 is 13.2 Å². The van der Waals surface area contributed by atoms with Gasteiger partial charge in [0, 0.05) is 18.7 Å². The highest BCUT2D eigenvalue weighted by atomic mass is 32.2. The maximum Gasteiger partial charge on any atom is 0.257 e. The summed E-state index contributed by atoms with van der Waals surface area (Å²) in [7, 11) is -3.62. The normalized spacial score (nSPS) is 11.9. The number of fused-ring (bicyclic) bond motifs is 1. The fourth-order valence-electron chi connectivity index (χ4n) is 2.82. The predicted molar refractivity (Wildman–Crippen MR) is 109 cm³/mol. The minimum atomic E-state index is -3.62. The van der Waals surface area contributed by atoms with Gasteiger partial charge in [-0.15, -0.1) is 0 Å². The number of nitrogens with zero attached hydrogens (tertiary/aromatic N) is 2. The summed E-state index contributed by atoms with van der Waals surface area (Å²) >= 11 is 1.39. The van der Waals surface area contributed by atoms with Crippen LogP contribution in [0.15, 0.2) is 47.4 Å². The van der Waals surface area contributed by atoms with Gasteiger partial charge in [-0.3, -0.25) is 10.1 Å². The molecule has 2 aromatic carbocycles. The average Bonchev–Trinajstić information content (AvgIpc) is 3.06. The van der Waals surface area contributed by atoms with Crippen LogP contribution >= 0.6 is 11.3 Å². The largest absolute Gasteiger partial charge is 0.298 e. The van der Waals surface area contributed by atoms with Gasteiger partial charge in [-0.1, -0.05) is 43.4 Å². The molecule has 0 bridgehead atoms. The molecule has 0 aliphatic carbocycles. The third-order valence-corrected chi connectivity index (χ3v) is 7.26. The zero-order valence-corrected chi connectivity index (χ0v) is 17.0. The molecule has 0 saturated heterocycles. The molecule has 3 aromatic rings. The van der Waals surface area contributed by atoms with E-state index < -0.39 is 10.0 Å². The first kappa shape index (κ1) is 19.5. The average molecular weight is 404 g/mol. The molecular formula is C19H21N3O3S2. The molecule has 0 saturated carbocycles. The molecule has 3 rings (SSSR count). The van der Waals surface area contributed by atoms with E-state index in [1.54, 1.807) is 26.0 Å². The van der Waals surface area contributed by atoms with Crippen molar-refractivity contribution in [1.82, 2.24) is 9.29 Å². The second kappa shape index (κ2) is 7.75. The van der Waals surface area contributed by atoms with Crippen LogP contribution in [-0.2, 0) is 10.0 Å². The first-order valence-electron chi connectivity index (χ1n) is 8.64. The van der Waals surface area contributed by atoms with E-state index in [4.69, 9.17) is 0 Å². The Bertz CT molecular complexity index is 1090. The SMILES string of the molecule is CCN(CC)S(=O)(=O)c1cccc(C(=O)Nc2nc3c(C)cccc3s2)c1. The van der Waals surface area contributed by atoms with E-state index in [2.05, 4.69) is 10.3 Å². The number of carbonyl (C=O) groups is 1. The number of rotatable bonds is 6. The fourth-order valence-corrected chi connectivity index (χ4v) is 5.26. The van der Waals surface area contributed by atoms with Crippen molar-refractivity contribution in [2.45, 2.75) is 25.7 Å². The highest BCUT2D eigenvalue weighted by Gasteiger charge is 2.22. The zero-order valence-electron chi connectivity index (χ0n) is 15.4. The van der Waals surface area contributed by atoms with Gasteiger partial charge in [0.05, 0.1) is 15.1 Å². The van der Waals surface area contributed by atoms with Crippen LogP contribution in [0.4, 0.5) is 5.13 Å². The molecule has 0 fully saturated rings. The maximum absolute atomic E-state index is 12.7. The molecule has 6 nitrogen and oxygen atoms in total. The van der Waals surface area contributed by atoms with Gasteiger partial charge >= 0.3 is 0 Å². The van der Waals surface area contributed by atoms with Gasteiger partial charge in [-0.2, -0.15) is 4.31 Å². The van der Waals surface area contributed by atoms with Gasteiger partial charge < -0.3 is 0 Å². The van der Waals surface area contributed by atoms with Crippen LogP contribution in [0.2, 0.25) is 0 Å². The maximum atomic E-state index is 12.7. The van der Waals surface area contributed by atoms with Gasteiger partial charge in [0.25, 0.3) is 5.91 Å². The van der Waals surface area contributed by atoms with E-state index in [0.717, 1.165) is 15.8 Å². The minimum absolute atomic E-state index is 0.110. The molecule has 0 unspecified atom stereocenters. The topological polar surface area (TPSA) is 79.4 Å². The second-order valence-electron chi connectivity index (χ2n) is 6.01. The summed E-state index contributed by atoms with van der Waals surface area (Å²) < 4.78 is 27.7.